The second-order valence-electron chi connectivity index (χ2n) is 4.58. The van der Waals surface area contributed by atoms with Crippen molar-refractivity contribution in [2.24, 2.45) is 17.6 Å². The molecule has 15 heavy (non-hydrogen) atoms. The first-order valence-electron chi connectivity index (χ1n) is 5.52. The van der Waals surface area contributed by atoms with Crippen LogP contribution in [0, 0.1) is 11.8 Å². The number of nitrogens with two attached hydrogens (primary N) is 1. The largest absolute Gasteiger partial charge is 0.327 e. The van der Waals surface area contributed by atoms with Crippen LogP contribution in [0.25, 0.3) is 0 Å². The van der Waals surface area contributed by atoms with Crippen molar-refractivity contribution in [1.29, 1.82) is 0 Å². The molecule has 1 aliphatic rings. The summed E-state index contributed by atoms with van der Waals surface area (Å²) in [6, 6.07) is 2.38. The minimum atomic E-state index is 0.272. The van der Waals surface area contributed by atoms with E-state index in [2.05, 4.69) is 33.9 Å². The molecule has 1 saturated carbocycles. The molecule has 2 N–H and O–H groups in total. The van der Waals surface area contributed by atoms with Crippen LogP contribution < -0.4 is 5.73 Å². The molecule has 0 saturated heterocycles. The number of aromatic nitrogens is 1. The van der Waals surface area contributed by atoms with Gasteiger partial charge >= 0.3 is 0 Å². The smallest absolute Gasteiger partial charge is 0.0410 e. The van der Waals surface area contributed by atoms with E-state index in [9.17, 15) is 0 Å². The average Bonchev–Trinajstić information content (AvgIpc) is 2.99. The third kappa shape index (κ3) is 3.02. The Balaban J connectivity index is 1.95. The minimum Gasteiger partial charge on any atom is -0.327 e. The zero-order valence-electron chi connectivity index (χ0n) is 8.99. The van der Waals surface area contributed by atoms with Crippen molar-refractivity contribution in [2.45, 2.75) is 32.2 Å². The molecule has 1 heterocycles. The minimum absolute atomic E-state index is 0.272. The van der Waals surface area contributed by atoms with Crippen LogP contribution in [0.4, 0.5) is 0 Å². The summed E-state index contributed by atoms with van der Waals surface area (Å²) in [5, 5.41) is 0. The summed E-state index contributed by atoms with van der Waals surface area (Å²) in [5.41, 5.74) is 7.42. The van der Waals surface area contributed by atoms with Crippen LogP contribution in [-0.2, 0) is 6.42 Å². The van der Waals surface area contributed by atoms with Crippen molar-refractivity contribution >= 4 is 15.9 Å². The Labute approximate surface area is 99.4 Å². The van der Waals surface area contributed by atoms with Gasteiger partial charge in [0.15, 0.2) is 0 Å². The molecule has 2 unspecified atom stereocenters. The third-order valence-electron chi connectivity index (χ3n) is 3.27. The summed E-state index contributed by atoms with van der Waals surface area (Å²) in [4.78, 5) is 4.15. The molecule has 2 atom stereocenters. The predicted molar refractivity (Wildman–Crippen MR) is 65.5 cm³/mol. The fourth-order valence-corrected chi connectivity index (χ4v) is 2.41. The van der Waals surface area contributed by atoms with Gasteiger partial charge in [0.05, 0.1) is 0 Å². The fourth-order valence-electron chi connectivity index (χ4n) is 2.00. The van der Waals surface area contributed by atoms with E-state index in [0.29, 0.717) is 5.92 Å². The molecule has 1 aliphatic carbocycles. The molecule has 82 valence electrons. The standard InChI is InChI=1S/C12H17BrN2/c1-8(10-2-3-10)12(14)5-9-4-11(13)7-15-6-9/h4,6-8,10,12H,2-3,5,14H2,1H3. The summed E-state index contributed by atoms with van der Waals surface area (Å²) >= 11 is 3.43. The maximum Gasteiger partial charge on any atom is 0.0410 e. The lowest BCUT2D eigenvalue weighted by molar-refractivity contribution is 0.404. The van der Waals surface area contributed by atoms with Crippen LogP contribution >= 0.6 is 15.9 Å². The lowest BCUT2D eigenvalue weighted by Gasteiger charge is -2.19. The second kappa shape index (κ2) is 4.62. The first-order valence-corrected chi connectivity index (χ1v) is 6.31. The van der Waals surface area contributed by atoms with Crippen LogP contribution in [0.1, 0.15) is 25.3 Å². The molecule has 1 aromatic heterocycles. The first-order chi connectivity index (χ1) is 7.16. The zero-order valence-corrected chi connectivity index (χ0v) is 10.6. The third-order valence-corrected chi connectivity index (χ3v) is 3.71. The van der Waals surface area contributed by atoms with Crippen molar-refractivity contribution in [2.75, 3.05) is 0 Å². The first kappa shape index (κ1) is 11.1. The molecule has 0 aliphatic heterocycles. The molecule has 1 aromatic rings. The van der Waals surface area contributed by atoms with Gasteiger partial charge in [0.1, 0.15) is 0 Å². The summed E-state index contributed by atoms with van der Waals surface area (Å²) < 4.78 is 1.03. The highest BCUT2D eigenvalue weighted by molar-refractivity contribution is 9.10. The number of pyridine rings is 1. The highest BCUT2D eigenvalue weighted by Crippen LogP contribution is 2.38. The van der Waals surface area contributed by atoms with Gasteiger partial charge in [-0.3, -0.25) is 4.98 Å². The van der Waals surface area contributed by atoms with Crippen LogP contribution in [0.15, 0.2) is 22.9 Å². The summed E-state index contributed by atoms with van der Waals surface area (Å²) in [6.45, 7) is 2.27. The molecule has 0 amide bonds. The number of nitrogens with zero attached hydrogens (tertiary/aromatic N) is 1. The molecule has 0 spiro atoms. The van der Waals surface area contributed by atoms with Gasteiger partial charge in [-0.2, -0.15) is 0 Å². The maximum absolute atomic E-state index is 6.20. The predicted octanol–water partition coefficient (Wildman–Crippen LogP) is 2.76. The lowest BCUT2D eigenvalue weighted by Crippen LogP contribution is -2.31. The van der Waals surface area contributed by atoms with Gasteiger partial charge in [0.2, 0.25) is 0 Å². The molecular formula is C12H17BrN2. The van der Waals surface area contributed by atoms with Crippen molar-refractivity contribution in [3.05, 3.63) is 28.5 Å². The molecule has 0 aromatic carbocycles. The van der Waals surface area contributed by atoms with E-state index in [-0.39, 0.29) is 6.04 Å². The van der Waals surface area contributed by atoms with Crippen LogP contribution in [0.2, 0.25) is 0 Å². The topological polar surface area (TPSA) is 38.9 Å². The summed E-state index contributed by atoms with van der Waals surface area (Å²) in [5.74, 6) is 1.52. The van der Waals surface area contributed by atoms with Gasteiger partial charge in [0.25, 0.3) is 0 Å². The monoisotopic (exact) mass is 268 g/mol. The average molecular weight is 269 g/mol. The van der Waals surface area contributed by atoms with Crippen molar-refractivity contribution in [3.63, 3.8) is 0 Å². The van der Waals surface area contributed by atoms with Crippen LogP contribution in [-0.4, -0.2) is 11.0 Å². The van der Waals surface area contributed by atoms with Crippen LogP contribution in [0.5, 0.6) is 0 Å². The van der Waals surface area contributed by atoms with E-state index < -0.39 is 0 Å². The Hall–Kier alpha value is -0.410. The van der Waals surface area contributed by atoms with Crippen molar-refractivity contribution < 1.29 is 0 Å². The Morgan fingerprint density at radius 1 is 1.53 bits per heavy atom. The van der Waals surface area contributed by atoms with E-state index in [1.165, 1.54) is 18.4 Å². The molecule has 1 fully saturated rings. The number of hydrogen-bond acceptors (Lipinski definition) is 2. The van der Waals surface area contributed by atoms with Gasteiger partial charge < -0.3 is 5.73 Å². The number of hydrogen-bond donors (Lipinski definition) is 1. The van der Waals surface area contributed by atoms with E-state index in [1.807, 2.05) is 6.20 Å². The summed E-state index contributed by atoms with van der Waals surface area (Å²) in [7, 11) is 0. The Morgan fingerprint density at radius 2 is 2.27 bits per heavy atom. The maximum atomic E-state index is 6.20. The molecule has 3 heteroatoms. The van der Waals surface area contributed by atoms with Gasteiger partial charge in [-0.15, -0.1) is 0 Å². The molecule has 2 nitrogen and oxygen atoms in total. The van der Waals surface area contributed by atoms with Crippen molar-refractivity contribution in [1.82, 2.24) is 4.98 Å². The quantitative estimate of drug-likeness (QED) is 0.912. The number of halogens is 1. The molecule has 0 bridgehead atoms. The molecular weight excluding hydrogens is 252 g/mol. The SMILES string of the molecule is CC(C(N)Cc1cncc(Br)c1)C1CC1. The zero-order chi connectivity index (χ0) is 10.8. The number of rotatable bonds is 4. The lowest BCUT2D eigenvalue weighted by atomic mass is 9.92. The van der Waals surface area contributed by atoms with E-state index in [0.717, 1.165) is 16.8 Å². The highest BCUT2D eigenvalue weighted by atomic mass is 79.9. The normalized spacial score (nSPS) is 19.9. The van der Waals surface area contributed by atoms with Gasteiger partial charge in [-0.05, 0) is 58.7 Å². The van der Waals surface area contributed by atoms with E-state index in [1.54, 1.807) is 6.20 Å². The Bertz CT molecular complexity index is 336. The molecule has 2 rings (SSSR count). The Kier molecular flexibility index (Phi) is 3.42. The summed E-state index contributed by atoms with van der Waals surface area (Å²) in [6.07, 6.45) is 7.38. The van der Waals surface area contributed by atoms with Crippen molar-refractivity contribution in [3.8, 4) is 0 Å². The van der Waals surface area contributed by atoms with Gasteiger partial charge in [-0.1, -0.05) is 6.92 Å². The van der Waals surface area contributed by atoms with E-state index >= 15 is 0 Å². The van der Waals surface area contributed by atoms with E-state index in [4.69, 9.17) is 5.73 Å². The Morgan fingerprint density at radius 3 is 2.87 bits per heavy atom. The van der Waals surface area contributed by atoms with Gasteiger partial charge in [0, 0.05) is 22.9 Å². The highest BCUT2D eigenvalue weighted by Gasteiger charge is 2.31. The van der Waals surface area contributed by atoms with Crippen LogP contribution in [0.3, 0.4) is 0 Å². The second-order valence-corrected chi connectivity index (χ2v) is 5.49. The fraction of sp³-hybridized carbons (Fsp3) is 0.583. The molecule has 0 radical (unpaired) electrons. The van der Waals surface area contributed by atoms with Gasteiger partial charge in [-0.25, -0.2) is 0 Å².